The first-order valence-electron chi connectivity index (χ1n) is 7.17. The predicted octanol–water partition coefficient (Wildman–Crippen LogP) is 1.53. The predicted molar refractivity (Wildman–Crippen MR) is 71.2 cm³/mol. The number of amides is 1. The number of nitrogens with two attached hydrogens (primary N) is 1. The Bertz CT molecular complexity index is 292. The highest BCUT2D eigenvalue weighted by Gasteiger charge is 2.40. The normalized spacial score (nSPS) is 31.9. The van der Waals surface area contributed by atoms with Gasteiger partial charge >= 0.3 is 0 Å². The Labute approximate surface area is 110 Å². The van der Waals surface area contributed by atoms with Crippen LogP contribution in [0, 0.1) is 5.92 Å². The molecule has 0 atom stereocenters. The number of hydrogen-bond acceptors (Lipinski definition) is 3. The average Bonchev–Trinajstić information content (AvgIpc) is 2.39. The summed E-state index contributed by atoms with van der Waals surface area (Å²) in [6.45, 7) is 3.51. The second kappa shape index (κ2) is 5.57. The zero-order valence-corrected chi connectivity index (χ0v) is 11.7. The highest BCUT2D eigenvalue weighted by molar-refractivity contribution is 5.86. The highest BCUT2D eigenvalue weighted by atomic mass is 16.5. The molecule has 1 heterocycles. The summed E-state index contributed by atoms with van der Waals surface area (Å²) >= 11 is 0. The maximum absolute atomic E-state index is 12.5. The van der Waals surface area contributed by atoms with E-state index in [4.69, 9.17) is 10.5 Å². The molecule has 1 saturated carbocycles. The van der Waals surface area contributed by atoms with Crippen LogP contribution in [0.4, 0.5) is 0 Å². The summed E-state index contributed by atoms with van der Waals surface area (Å²) in [7, 11) is 1.92. The third-order valence-corrected chi connectivity index (χ3v) is 4.66. The van der Waals surface area contributed by atoms with Crippen LogP contribution in [0.2, 0.25) is 0 Å². The summed E-state index contributed by atoms with van der Waals surface area (Å²) in [5.74, 6) is 0.921. The van der Waals surface area contributed by atoms with Gasteiger partial charge in [0.1, 0.15) is 0 Å². The summed E-state index contributed by atoms with van der Waals surface area (Å²) in [4.78, 5) is 14.5. The van der Waals surface area contributed by atoms with Crippen molar-refractivity contribution < 1.29 is 9.53 Å². The smallest absolute Gasteiger partial charge is 0.242 e. The van der Waals surface area contributed by atoms with Gasteiger partial charge in [-0.2, -0.15) is 0 Å². The van der Waals surface area contributed by atoms with E-state index in [0.717, 1.165) is 18.8 Å². The number of likely N-dealkylation sites (N-methyl/N-ethyl adjacent to an activating group) is 1. The van der Waals surface area contributed by atoms with E-state index in [2.05, 4.69) is 6.92 Å². The average molecular weight is 254 g/mol. The van der Waals surface area contributed by atoms with Crippen LogP contribution in [0.25, 0.3) is 0 Å². The van der Waals surface area contributed by atoms with Crippen molar-refractivity contribution in [2.75, 3.05) is 20.3 Å². The van der Waals surface area contributed by atoms with Crippen LogP contribution in [0.3, 0.4) is 0 Å². The van der Waals surface area contributed by atoms with Crippen LogP contribution >= 0.6 is 0 Å². The molecule has 1 amide bonds. The quantitative estimate of drug-likeness (QED) is 0.813. The fraction of sp³-hybridized carbons (Fsp3) is 0.929. The van der Waals surface area contributed by atoms with E-state index in [1.54, 1.807) is 0 Å². The minimum absolute atomic E-state index is 0.116. The van der Waals surface area contributed by atoms with Gasteiger partial charge in [0.05, 0.1) is 5.54 Å². The van der Waals surface area contributed by atoms with E-state index in [-0.39, 0.29) is 5.91 Å². The maximum Gasteiger partial charge on any atom is 0.242 e. The second-order valence-electron chi connectivity index (χ2n) is 6.10. The molecule has 2 fully saturated rings. The first kappa shape index (κ1) is 13.8. The Balaban J connectivity index is 1.95. The molecule has 104 valence electrons. The molecular weight excluding hydrogens is 228 g/mol. The molecule has 1 aliphatic heterocycles. The van der Waals surface area contributed by atoms with E-state index < -0.39 is 5.54 Å². The summed E-state index contributed by atoms with van der Waals surface area (Å²) < 4.78 is 5.30. The van der Waals surface area contributed by atoms with E-state index in [1.165, 1.54) is 12.8 Å². The van der Waals surface area contributed by atoms with Crippen molar-refractivity contribution in [3.05, 3.63) is 0 Å². The number of carbonyl (C=O) groups excluding carboxylic acids is 1. The Morgan fingerprint density at radius 2 is 1.78 bits per heavy atom. The molecule has 2 rings (SSSR count). The van der Waals surface area contributed by atoms with Gasteiger partial charge in [0, 0.05) is 26.3 Å². The van der Waals surface area contributed by atoms with Gasteiger partial charge in [0.25, 0.3) is 0 Å². The third-order valence-electron chi connectivity index (χ3n) is 4.66. The van der Waals surface area contributed by atoms with E-state index in [9.17, 15) is 4.79 Å². The van der Waals surface area contributed by atoms with E-state index in [1.807, 2.05) is 11.9 Å². The van der Waals surface area contributed by atoms with Crippen LogP contribution in [0.1, 0.15) is 45.4 Å². The molecule has 2 N–H and O–H groups in total. The van der Waals surface area contributed by atoms with E-state index in [0.29, 0.717) is 32.1 Å². The number of ether oxygens (including phenoxy) is 1. The SMILES string of the molecule is CC1CCC(N(C)C(=O)C2(N)CCOCC2)CC1. The van der Waals surface area contributed by atoms with Gasteiger partial charge < -0.3 is 15.4 Å². The Hall–Kier alpha value is -0.610. The van der Waals surface area contributed by atoms with Crippen molar-refractivity contribution in [1.82, 2.24) is 4.90 Å². The molecule has 0 radical (unpaired) electrons. The van der Waals surface area contributed by atoms with Crippen LogP contribution in [-0.4, -0.2) is 42.6 Å². The summed E-state index contributed by atoms with van der Waals surface area (Å²) in [5, 5.41) is 0. The van der Waals surface area contributed by atoms with Crippen LogP contribution in [0.15, 0.2) is 0 Å². The first-order chi connectivity index (χ1) is 8.53. The van der Waals surface area contributed by atoms with Crippen LogP contribution in [-0.2, 0) is 9.53 Å². The zero-order chi connectivity index (χ0) is 13.2. The summed E-state index contributed by atoms with van der Waals surface area (Å²) in [5.41, 5.74) is 5.58. The maximum atomic E-state index is 12.5. The number of hydrogen-bond donors (Lipinski definition) is 1. The van der Waals surface area contributed by atoms with Gasteiger partial charge in [-0.15, -0.1) is 0 Å². The van der Waals surface area contributed by atoms with Gasteiger partial charge in [-0.05, 0) is 44.4 Å². The fourth-order valence-electron chi connectivity index (χ4n) is 3.10. The van der Waals surface area contributed by atoms with Crippen molar-refractivity contribution >= 4 is 5.91 Å². The van der Waals surface area contributed by atoms with Crippen LogP contribution < -0.4 is 5.73 Å². The molecule has 0 unspecified atom stereocenters. The molecule has 0 aromatic carbocycles. The molecule has 0 bridgehead atoms. The summed E-state index contributed by atoms with van der Waals surface area (Å²) in [6.07, 6.45) is 6.00. The molecule has 1 aliphatic carbocycles. The fourth-order valence-corrected chi connectivity index (χ4v) is 3.10. The number of rotatable bonds is 2. The largest absolute Gasteiger partial charge is 0.381 e. The molecule has 0 aromatic heterocycles. The molecule has 0 aromatic rings. The monoisotopic (exact) mass is 254 g/mol. The van der Waals surface area contributed by atoms with Crippen molar-refractivity contribution in [1.29, 1.82) is 0 Å². The van der Waals surface area contributed by atoms with Gasteiger partial charge in [-0.3, -0.25) is 4.79 Å². The lowest BCUT2D eigenvalue weighted by Crippen LogP contribution is -2.59. The number of nitrogens with zero attached hydrogens (tertiary/aromatic N) is 1. The van der Waals surface area contributed by atoms with Crippen molar-refractivity contribution in [2.45, 2.75) is 57.0 Å². The standard InChI is InChI=1S/C14H26N2O2/c1-11-3-5-12(6-4-11)16(2)13(17)14(15)7-9-18-10-8-14/h11-12H,3-10,15H2,1-2H3. The van der Waals surface area contributed by atoms with Crippen molar-refractivity contribution in [3.8, 4) is 0 Å². The van der Waals surface area contributed by atoms with Gasteiger partial charge in [0.15, 0.2) is 0 Å². The molecular formula is C14H26N2O2. The van der Waals surface area contributed by atoms with Gasteiger partial charge in [0.2, 0.25) is 5.91 Å². The lowest BCUT2D eigenvalue weighted by Gasteiger charge is -2.40. The van der Waals surface area contributed by atoms with Crippen LogP contribution in [0.5, 0.6) is 0 Å². The minimum Gasteiger partial charge on any atom is -0.381 e. The van der Waals surface area contributed by atoms with Crippen molar-refractivity contribution in [2.24, 2.45) is 11.7 Å². The molecule has 0 spiro atoms. The molecule has 2 aliphatic rings. The zero-order valence-electron chi connectivity index (χ0n) is 11.7. The highest BCUT2D eigenvalue weighted by Crippen LogP contribution is 2.29. The lowest BCUT2D eigenvalue weighted by molar-refractivity contribution is -0.142. The topological polar surface area (TPSA) is 55.6 Å². The Morgan fingerprint density at radius 3 is 2.33 bits per heavy atom. The van der Waals surface area contributed by atoms with Crippen molar-refractivity contribution in [3.63, 3.8) is 0 Å². The molecule has 4 heteroatoms. The third kappa shape index (κ3) is 2.86. The van der Waals surface area contributed by atoms with Gasteiger partial charge in [-0.25, -0.2) is 0 Å². The molecule has 18 heavy (non-hydrogen) atoms. The molecule has 1 saturated heterocycles. The van der Waals surface area contributed by atoms with Gasteiger partial charge in [-0.1, -0.05) is 6.92 Å². The second-order valence-corrected chi connectivity index (χ2v) is 6.10. The number of carbonyl (C=O) groups is 1. The summed E-state index contributed by atoms with van der Waals surface area (Å²) in [6, 6.07) is 0.386. The Kier molecular flexibility index (Phi) is 4.28. The lowest BCUT2D eigenvalue weighted by atomic mass is 9.84. The minimum atomic E-state index is -0.684. The molecule has 4 nitrogen and oxygen atoms in total. The first-order valence-corrected chi connectivity index (χ1v) is 7.17. The Morgan fingerprint density at radius 1 is 1.22 bits per heavy atom. The van der Waals surface area contributed by atoms with E-state index >= 15 is 0 Å².